The van der Waals surface area contributed by atoms with Gasteiger partial charge in [0.1, 0.15) is 5.01 Å². The van der Waals surface area contributed by atoms with Crippen LogP contribution in [0.3, 0.4) is 0 Å². The molecule has 134 valence electrons. The highest BCUT2D eigenvalue weighted by molar-refractivity contribution is 7.15. The van der Waals surface area contributed by atoms with E-state index in [2.05, 4.69) is 41.6 Å². The third-order valence-electron chi connectivity index (χ3n) is 3.67. The SMILES string of the molecule is CCc1nnc(NC(=O)CCNC(=O)c2ccc(C(C)(C)C)cc2)s1. The number of rotatable bonds is 6. The zero-order valence-electron chi connectivity index (χ0n) is 15.0. The van der Waals surface area contributed by atoms with Gasteiger partial charge in [0.15, 0.2) is 0 Å². The molecule has 0 aliphatic rings. The molecule has 0 aliphatic heterocycles. The maximum atomic E-state index is 12.1. The van der Waals surface area contributed by atoms with E-state index in [-0.39, 0.29) is 30.2 Å². The summed E-state index contributed by atoms with van der Waals surface area (Å²) in [7, 11) is 0. The molecule has 0 aliphatic carbocycles. The van der Waals surface area contributed by atoms with Gasteiger partial charge >= 0.3 is 0 Å². The minimum atomic E-state index is -0.192. The average molecular weight is 360 g/mol. The molecule has 0 unspecified atom stereocenters. The lowest BCUT2D eigenvalue weighted by molar-refractivity contribution is -0.116. The number of aryl methyl sites for hydroxylation is 1. The summed E-state index contributed by atoms with van der Waals surface area (Å²) in [5.41, 5.74) is 1.81. The zero-order valence-corrected chi connectivity index (χ0v) is 15.9. The van der Waals surface area contributed by atoms with Crippen LogP contribution in [0, 0.1) is 0 Å². The van der Waals surface area contributed by atoms with Gasteiger partial charge < -0.3 is 10.6 Å². The van der Waals surface area contributed by atoms with Gasteiger partial charge in [-0.15, -0.1) is 10.2 Å². The lowest BCUT2D eigenvalue weighted by Crippen LogP contribution is -2.27. The molecule has 0 fully saturated rings. The van der Waals surface area contributed by atoms with Gasteiger partial charge in [-0.2, -0.15) is 0 Å². The van der Waals surface area contributed by atoms with E-state index in [1.54, 1.807) is 0 Å². The molecule has 2 amide bonds. The molecule has 1 aromatic heterocycles. The topological polar surface area (TPSA) is 84.0 Å². The second-order valence-electron chi connectivity index (χ2n) is 6.74. The minimum Gasteiger partial charge on any atom is -0.352 e. The van der Waals surface area contributed by atoms with Crippen LogP contribution in [-0.4, -0.2) is 28.6 Å². The molecule has 1 heterocycles. The molecule has 1 aromatic carbocycles. The number of amides is 2. The number of nitrogens with one attached hydrogen (secondary N) is 2. The van der Waals surface area contributed by atoms with E-state index in [9.17, 15) is 9.59 Å². The van der Waals surface area contributed by atoms with E-state index >= 15 is 0 Å². The molecule has 2 aromatic rings. The molecule has 2 N–H and O–H groups in total. The van der Waals surface area contributed by atoms with Gasteiger partial charge in [0, 0.05) is 18.5 Å². The molecule has 0 bridgehead atoms. The van der Waals surface area contributed by atoms with Gasteiger partial charge in [0.05, 0.1) is 0 Å². The Labute approximate surface area is 152 Å². The fraction of sp³-hybridized carbons (Fsp3) is 0.444. The van der Waals surface area contributed by atoms with E-state index in [1.165, 1.54) is 16.9 Å². The molecule has 0 radical (unpaired) electrons. The second kappa shape index (κ2) is 8.20. The summed E-state index contributed by atoms with van der Waals surface area (Å²) in [5, 5.41) is 14.7. The molecule has 7 heteroatoms. The van der Waals surface area contributed by atoms with Gasteiger partial charge in [0.2, 0.25) is 11.0 Å². The number of hydrogen-bond acceptors (Lipinski definition) is 5. The van der Waals surface area contributed by atoms with Crippen molar-refractivity contribution >= 4 is 28.3 Å². The summed E-state index contributed by atoms with van der Waals surface area (Å²) in [6, 6.07) is 7.54. The van der Waals surface area contributed by atoms with Crippen LogP contribution >= 0.6 is 11.3 Å². The van der Waals surface area contributed by atoms with Crippen LogP contribution in [0.25, 0.3) is 0 Å². The van der Waals surface area contributed by atoms with Gasteiger partial charge in [-0.25, -0.2) is 0 Å². The van der Waals surface area contributed by atoms with Crippen LogP contribution < -0.4 is 10.6 Å². The molecular formula is C18H24N4O2S. The van der Waals surface area contributed by atoms with E-state index in [0.29, 0.717) is 10.7 Å². The van der Waals surface area contributed by atoms with Gasteiger partial charge in [-0.1, -0.05) is 51.2 Å². The smallest absolute Gasteiger partial charge is 0.251 e. The Hall–Kier alpha value is -2.28. The maximum absolute atomic E-state index is 12.1. The summed E-state index contributed by atoms with van der Waals surface area (Å²) in [5.74, 6) is -0.375. The third kappa shape index (κ3) is 5.63. The summed E-state index contributed by atoms with van der Waals surface area (Å²) in [6.07, 6.45) is 0.977. The molecule has 0 saturated carbocycles. The molecule has 0 saturated heterocycles. The van der Waals surface area contributed by atoms with Crippen molar-refractivity contribution in [1.29, 1.82) is 0 Å². The Morgan fingerprint density at radius 3 is 2.36 bits per heavy atom. The van der Waals surface area contributed by atoms with E-state index < -0.39 is 0 Å². The quantitative estimate of drug-likeness (QED) is 0.829. The van der Waals surface area contributed by atoms with Crippen molar-refractivity contribution in [3.8, 4) is 0 Å². The summed E-state index contributed by atoms with van der Waals surface area (Å²) in [4.78, 5) is 24.0. The van der Waals surface area contributed by atoms with Crippen LogP contribution in [0.5, 0.6) is 0 Å². The molecule has 2 rings (SSSR count). The van der Waals surface area contributed by atoms with Gasteiger partial charge in [0.25, 0.3) is 5.91 Å². The van der Waals surface area contributed by atoms with Crippen molar-refractivity contribution in [3.05, 3.63) is 40.4 Å². The first-order chi connectivity index (χ1) is 11.8. The van der Waals surface area contributed by atoms with Crippen molar-refractivity contribution < 1.29 is 9.59 Å². The Morgan fingerprint density at radius 2 is 1.80 bits per heavy atom. The summed E-state index contributed by atoms with van der Waals surface area (Å²) >= 11 is 1.36. The van der Waals surface area contributed by atoms with Crippen LogP contribution in [-0.2, 0) is 16.6 Å². The number of hydrogen-bond donors (Lipinski definition) is 2. The lowest BCUT2D eigenvalue weighted by atomic mass is 9.87. The van der Waals surface area contributed by atoms with Crippen molar-refractivity contribution in [1.82, 2.24) is 15.5 Å². The van der Waals surface area contributed by atoms with Crippen molar-refractivity contribution in [2.45, 2.75) is 46.0 Å². The Balaban J connectivity index is 1.78. The number of carbonyl (C=O) groups excluding carboxylic acids is 2. The van der Waals surface area contributed by atoms with Gasteiger partial charge in [-0.3, -0.25) is 9.59 Å². The first-order valence-electron chi connectivity index (χ1n) is 8.30. The predicted molar refractivity (Wildman–Crippen MR) is 100 cm³/mol. The van der Waals surface area contributed by atoms with Crippen molar-refractivity contribution in [3.63, 3.8) is 0 Å². The monoisotopic (exact) mass is 360 g/mol. The van der Waals surface area contributed by atoms with E-state index in [1.807, 2.05) is 31.2 Å². The predicted octanol–water partition coefficient (Wildman–Crippen LogP) is 3.16. The molecule has 6 nitrogen and oxygen atoms in total. The first kappa shape index (κ1) is 19.1. The Kier molecular flexibility index (Phi) is 6.25. The highest BCUT2D eigenvalue weighted by Gasteiger charge is 2.14. The first-order valence-corrected chi connectivity index (χ1v) is 9.12. The number of anilines is 1. The maximum Gasteiger partial charge on any atom is 0.251 e. The van der Waals surface area contributed by atoms with Crippen LogP contribution in [0.15, 0.2) is 24.3 Å². The van der Waals surface area contributed by atoms with E-state index in [4.69, 9.17) is 0 Å². The van der Waals surface area contributed by atoms with Gasteiger partial charge in [-0.05, 0) is 29.5 Å². The Morgan fingerprint density at radius 1 is 1.12 bits per heavy atom. The number of benzene rings is 1. The second-order valence-corrected chi connectivity index (χ2v) is 7.80. The highest BCUT2D eigenvalue weighted by atomic mass is 32.1. The minimum absolute atomic E-state index is 0.0510. The fourth-order valence-corrected chi connectivity index (χ4v) is 2.84. The average Bonchev–Trinajstić information content (AvgIpc) is 3.01. The van der Waals surface area contributed by atoms with Crippen LogP contribution in [0.4, 0.5) is 5.13 Å². The zero-order chi connectivity index (χ0) is 18.4. The standard InChI is InChI=1S/C18H24N4O2S/c1-5-15-21-22-17(25-15)20-14(23)10-11-19-16(24)12-6-8-13(9-7-12)18(2,3)4/h6-9H,5,10-11H2,1-4H3,(H,19,24)(H,20,22,23). The number of nitrogens with zero attached hydrogens (tertiary/aromatic N) is 2. The van der Waals surface area contributed by atoms with Crippen molar-refractivity contribution in [2.24, 2.45) is 0 Å². The van der Waals surface area contributed by atoms with Crippen LogP contribution in [0.2, 0.25) is 0 Å². The summed E-state index contributed by atoms with van der Waals surface area (Å²) in [6.45, 7) is 8.63. The fourth-order valence-electron chi connectivity index (χ4n) is 2.14. The molecular weight excluding hydrogens is 336 g/mol. The summed E-state index contributed by atoms with van der Waals surface area (Å²) < 4.78 is 0. The third-order valence-corrected chi connectivity index (χ3v) is 4.65. The molecule has 0 atom stereocenters. The lowest BCUT2D eigenvalue weighted by Gasteiger charge is -2.19. The Bertz CT molecular complexity index is 732. The van der Waals surface area contributed by atoms with Crippen LogP contribution in [0.1, 0.15) is 55.0 Å². The van der Waals surface area contributed by atoms with E-state index in [0.717, 1.165) is 11.4 Å². The normalized spacial score (nSPS) is 11.2. The highest BCUT2D eigenvalue weighted by Crippen LogP contribution is 2.22. The van der Waals surface area contributed by atoms with Crippen molar-refractivity contribution in [2.75, 3.05) is 11.9 Å². The molecule has 0 spiro atoms. The molecule has 25 heavy (non-hydrogen) atoms. The largest absolute Gasteiger partial charge is 0.352 e. The number of carbonyl (C=O) groups is 2. The number of aromatic nitrogens is 2.